The van der Waals surface area contributed by atoms with Gasteiger partial charge in [-0.2, -0.15) is 0 Å². The second kappa shape index (κ2) is 5.48. The fraction of sp³-hybridized carbons (Fsp3) is 1.00. The smallest absolute Gasteiger partial charge is 0.0350 e. The molecule has 3 heteroatoms. The molecule has 0 spiro atoms. The number of piperidine rings is 1. The van der Waals surface area contributed by atoms with E-state index in [1.54, 1.807) is 0 Å². The van der Waals surface area contributed by atoms with Crippen LogP contribution in [0.5, 0.6) is 0 Å². The first-order valence-corrected chi connectivity index (χ1v) is 7.93. The Kier molecular flexibility index (Phi) is 3.92. The minimum absolute atomic E-state index is 0.871. The van der Waals surface area contributed by atoms with E-state index in [1.165, 1.54) is 58.5 Å². The molecule has 0 bridgehead atoms. The van der Waals surface area contributed by atoms with Gasteiger partial charge in [-0.05, 0) is 50.7 Å². The third-order valence-corrected chi connectivity index (χ3v) is 5.43. The second-order valence-corrected chi connectivity index (χ2v) is 6.88. The van der Waals surface area contributed by atoms with Gasteiger partial charge in [-0.25, -0.2) is 0 Å². The first-order chi connectivity index (χ1) is 8.74. The van der Waals surface area contributed by atoms with E-state index in [0.717, 1.165) is 23.9 Å². The van der Waals surface area contributed by atoms with E-state index in [9.17, 15) is 0 Å². The van der Waals surface area contributed by atoms with Gasteiger partial charge in [0.1, 0.15) is 0 Å². The van der Waals surface area contributed by atoms with Gasteiger partial charge in [0.25, 0.3) is 0 Å². The van der Waals surface area contributed by atoms with Crippen LogP contribution in [-0.4, -0.2) is 61.2 Å². The van der Waals surface area contributed by atoms with Crippen LogP contribution in [-0.2, 0) is 0 Å². The van der Waals surface area contributed by atoms with Crippen LogP contribution in [0.3, 0.4) is 0 Å². The number of hydrogen-bond acceptors (Lipinski definition) is 3. The van der Waals surface area contributed by atoms with Crippen LogP contribution in [0, 0.1) is 11.8 Å². The van der Waals surface area contributed by atoms with Gasteiger partial charge in [-0.15, -0.1) is 0 Å². The SMILES string of the molecule is CC(C)C1CCN(C2CN(C3CCNCC3)C2)C1. The molecule has 0 aromatic rings. The van der Waals surface area contributed by atoms with E-state index in [-0.39, 0.29) is 0 Å². The molecule has 3 aliphatic rings. The Hall–Kier alpha value is -0.120. The fourth-order valence-electron chi connectivity index (χ4n) is 3.88. The zero-order valence-electron chi connectivity index (χ0n) is 12.1. The van der Waals surface area contributed by atoms with E-state index in [0.29, 0.717) is 0 Å². The Morgan fingerprint density at radius 3 is 2.22 bits per heavy atom. The molecule has 0 aliphatic carbocycles. The molecular formula is C15H29N3. The van der Waals surface area contributed by atoms with Gasteiger partial charge in [0.15, 0.2) is 0 Å². The van der Waals surface area contributed by atoms with Crippen LogP contribution in [0.2, 0.25) is 0 Å². The molecule has 1 unspecified atom stereocenters. The molecule has 0 amide bonds. The highest BCUT2D eigenvalue weighted by molar-refractivity contribution is 4.95. The average Bonchev–Trinajstić information content (AvgIpc) is 2.78. The Morgan fingerprint density at radius 1 is 0.889 bits per heavy atom. The summed E-state index contributed by atoms with van der Waals surface area (Å²) in [7, 11) is 0. The Labute approximate surface area is 112 Å². The lowest BCUT2D eigenvalue weighted by Crippen LogP contribution is -2.62. The van der Waals surface area contributed by atoms with Crippen molar-refractivity contribution in [2.75, 3.05) is 39.3 Å². The summed E-state index contributed by atoms with van der Waals surface area (Å²) in [6, 6.07) is 1.76. The van der Waals surface area contributed by atoms with Gasteiger partial charge in [-0.3, -0.25) is 9.80 Å². The summed E-state index contributed by atoms with van der Waals surface area (Å²) in [4.78, 5) is 5.50. The highest BCUT2D eigenvalue weighted by Crippen LogP contribution is 2.29. The topological polar surface area (TPSA) is 18.5 Å². The molecule has 3 nitrogen and oxygen atoms in total. The molecule has 18 heavy (non-hydrogen) atoms. The second-order valence-electron chi connectivity index (χ2n) is 6.88. The summed E-state index contributed by atoms with van der Waals surface area (Å²) >= 11 is 0. The summed E-state index contributed by atoms with van der Waals surface area (Å²) in [5.74, 6) is 1.83. The summed E-state index contributed by atoms with van der Waals surface area (Å²) in [5.41, 5.74) is 0. The monoisotopic (exact) mass is 251 g/mol. The van der Waals surface area contributed by atoms with Crippen molar-refractivity contribution in [3.63, 3.8) is 0 Å². The van der Waals surface area contributed by atoms with Gasteiger partial charge >= 0.3 is 0 Å². The van der Waals surface area contributed by atoms with Crippen LogP contribution in [0.25, 0.3) is 0 Å². The minimum Gasteiger partial charge on any atom is -0.317 e. The molecule has 0 radical (unpaired) electrons. The normalized spacial score (nSPS) is 33.2. The van der Waals surface area contributed by atoms with Gasteiger partial charge < -0.3 is 5.32 Å². The predicted molar refractivity (Wildman–Crippen MR) is 75.8 cm³/mol. The lowest BCUT2D eigenvalue weighted by molar-refractivity contribution is 0.00377. The summed E-state index contributed by atoms with van der Waals surface area (Å²) in [6.45, 7) is 12.6. The molecule has 0 aromatic heterocycles. The molecule has 3 rings (SSSR count). The Bertz CT molecular complexity index is 267. The molecule has 1 atom stereocenters. The van der Waals surface area contributed by atoms with Crippen molar-refractivity contribution >= 4 is 0 Å². The molecule has 3 fully saturated rings. The van der Waals surface area contributed by atoms with Crippen LogP contribution in [0.1, 0.15) is 33.1 Å². The van der Waals surface area contributed by atoms with E-state index < -0.39 is 0 Å². The molecule has 104 valence electrons. The number of likely N-dealkylation sites (tertiary alicyclic amines) is 2. The molecule has 1 N–H and O–H groups in total. The summed E-state index contributed by atoms with van der Waals surface area (Å²) in [6.07, 6.45) is 4.16. The highest BCUT2D eigenvalue weighted by Gasteiger charge is 2.39. The van der Waals surface area contributed by atoms with Crippen LogP contribution >= 0.6 is 0 Å². The van der Waals surface area contributed by atoms with Crippen molar-refractivity contribution in [3.05, 3.63) is 0 Å². The van der Waals surface area contributed by atoms with Crippen molar-refractivity contribution in [2.24, 2.45) is 11.8 Å². The predicted octanol–water partition coefficient (Wildman–Crippen LogP) is 1.40. The van der Waals surface area contributed by atoms with Gasteiger partial charge in [-0.1, -0.05) is 13.8 Å². The maximum absolute atomic E-state index is 3.47. The summed E-state index contributed by atoms with van der Waals surface area (Å²) in [5, 5.41) is 3.47. The quantitative estimate of drug-likeness (QED) is 0.818. The zero-order valence-corrected chi connectivity index (χ0v) is 12.1. The molecule has 3 aliphatic heterocycles. The number of rotatable bonds is 3. The highest BCUT2D eigenvalue weighted by atomic mass is 15.3. The molecule has 3 heterocycles. The van der Waals surface area contributed by atoms with Crippen LogP contribution in [0.4, 0.5) is 0 Å². The lowest BCUT2D eigenvalue weighted by atomic mass is 9.95. The summed E-state index contributed by atoms with van der Waals surface area (Å²) < 4.78 is 0. The lowest BCUT2D eigenvalue weighted by Gasteiger charge is -2.49. The molecule has 0 saturated carbocycles. The Morgan fingerprint density at radius 2 is 1.61 bits per heavy atom. The standard InChI is InChI=1S/C15H29N3/c1-12(2)13-5-8-17(9-13)15-10-18(11-15)14-3-6-16-7-4-14/h12-16H,3-11H2,1-2H3. The van der Waals surface area contributed by atoms with Crippen LogP contribution in [0.15, 0.2) is 0 Å². The first-order valence-electron chi connectivity index (χ1n) is 7.93. The van der Waals surface area contributed by atoms with E-state index in [4.69, 9.17) is 0 Å². The fourth-order valence-corrected chi connectivity index (χ4v) is 3.88. The third kappa shape index (κ3) is 2.59. The van der Waals surface area contributed by atoms with Gasteiger partial charge in [0, 0.05) is 31.7 Å². The van der Waals surface area contributed by atoms with Crippen molar-refractivity contribution in [2.45, 2.75) is 45.2 Å². The molecule has 3 saturated heterocycles. The van der Waals surface area contributed by atoms with E-state index in [1.807, 2.05) is 0 Å². The van der Waals surface area contributed by atoms with Crippen LogP contribution < -0.4 is 5.32 Å². The Balaban J connectivity index is 1.42. The zero-order chi connectivity index (χ0) is 12.5. The van der Waals surface area contributed by atoms with Gasteiger partial charge in [0.2, 0.25) is 0 Å². The number of hydrogen-bond donors (Lipinski definition) is 1. The first kappa shape index (κ1) is 12.9. The third-order valence-electron chi connectivity index (χ3n) is 5.43. The maximum atomic E-state index is 3.47. The van der Waals surface area contributed by atoms with Crippen molar-refractivity contribution < 1.29 is 0 Å². The largest absolute Gasteiger partial charge is 0.317 e. The average molecular weight is 251 g/mol. The number of nitrogens with one attached hydrogen (secondary N) is 1. The molecule has 0 aromatic carbocycles. The van der Waals surface area contributed by atoms with Crippen molar-refractivity contribution in [1.29, 1.82) is 0 Å². The van der Waals surface area contributed by atoms with Crippen molar-refractivity contribution in [1.82, 2.24) is 15.1 Å². The van der Waals surface area contributed by atoms with Gasteiger partial charge in [0.05, 0.1) is 0 Å². The molecular weight excluding hydrogens is 222 g/mol. The van der Waals surface area contributed by atoms with E-state index in [2.05, 4.69) is 29.0 Å². The minimum atomic E-state index is 0.871. The van der Waals surface area contributed by atoms with Crippen molar-refractivity contribution in [3.8, 4) is 0 Å². The number of nitrogens with zero attached hydrogens (tertiary/aromatic N) is 2. The maximum Gasteiger partial charge on any atom is 0.0350 e. The van der Waals surface area contributed by atoms with E-state index >= 15 is 0 Å².